The standard InChI is InChI=1S/C16H27N3O4S/c1-13-10-14(17-23-13)11-18-8-6-16(7-9-18)5-4-15(12-22-2)19(16)24(3,20)21/h10,15H,4-9,11-12H2,1-3H3/t15-/m1/s1. The Bertz CT molecular complexity index is 665. The fraction of sp³-hybridized carbons (Fsp3) is 0.812. The fourth-order valence-corrected chi connectivity index (χ4v) is 6.02. The highest BCUT2D eigenvalue weighted by Gasteiger charge is 2.51. The lowest BCUT2D eigenvalue weighted by Gasteiger charge is -2.45. The van der Waals surface area contributed by atoms with Gasteiger partial charge in [0.05, 0.1) is 18.6 Å². The second kappa shape index (κ2) is 6.74. The second-order valence-electron chi connectivity index (χ2n) is 7.14. The number of methoxy groups -OCH3 is 1. The summed E-state index contributed by atoms with van der Waals surface area (Å²) in [5, 5.41) is 4.05. The third kappa shape index (κ3) is 3.51. The van der Waals surface area contributed by atoms with Crippen LogP contribution in [0.2, 0.25) is 0 Å². The minimum Gasteiger partial charge on any atom is -0.383 e. The molecule has 2 saturated heterocycles. The van der Waals surface area contributed by atoms with Crippen LogP contribution in [0.3, 0.4) is 0 Å². The maximum absolute atomic E-state index is 12.4. The summed E-state index contributed by atoms with van der Waals surface area (Å²) in [6.45, 7) is 4.86. The van der Waals surface area contributed by atoms with Crippen molar-refractivity contribution in [2.75, 3.05) is 33.1 Å². The lowest BCUT2D eigenvalue weighted by Crippen LogP contribution is -2.56. The number of aryl methyl sites for hydroxylation is 1. The highest BCUT2D eigenvalue weighted by atomic mass is 32.2. The van der Waals surface area contributed by atoms with Crippen molar-refractivity contribution in [1.29, 1.82) is 0 Å². The summed E-state index contributed by atoms with van der Waals surface area (Å²) in [5.41, 5.74) is 0.694. The topological polar surface area (TPSA) is 75.9 Å². The highest BCUT2D eigenvalue weighted by Crippen LogP contribution is 2.43. The van der Waals surface area contributed by atoms with E-state index in [1.165, 1.54) is 6.26 Å². The zero-order valence-electron chi connectivity index (χ0n) is 14.7. The molecule has 0 unspecified atom stereocenters. The van der Waals surface area contributed by atoms with Gasteiger partial charge in [-0.05, 0) is 32.6 Å². The van der Waals surface area contributed by atoms with Crippen LogP contribution in [-0.2, 0) is 21.3 Å². The Morgan fingerprint density at radius 2 is 2.08 bits per heavy atom. The molecule has 0 N–H and O–H groups in total. The van der Waals surface area contributed by atoms with E-state index in [1.807, 2.05) is 13.0 Å². The Kier molecular flexibility index (Phi) is 5.01. The molecule has 2 aliphatic rings. The number of hydrogen-bond donors (Lipinski definition) is 0. The number of sulfonamides is 1. The number of aromatic nitrogens is 1. The van der Waals surface area contributed by atoms with Gasteiger partial charge in [0.2, 0.25) is 10.0 Å². The van der Waals surface area contributed by atoms with Crippen LogP contribution < -0.4 is 0 Å². The van der Waals surface area contributed by atoms with E-state index in [2.05, 4.69) is 10.1 Å². The summed E-state index contributed by atoms with van der Waals surface area (Å²) in [7, 11) is -1.61. The van der Waals surface area contributed by atoms with Crippen molar-refractivity contribution in [3.8, 4) is 0 Å². The van der Waals surface area contributed by atoms with Crippen molar-refractivity contribution >= 4 is 10.0 Å². The molecule has 1 aromatic rings. The second-order valence-corrected chi connectivity index (χ2v) is 9.00. The van der Waals surface area contributed by atoms with Crippen LogP contribution in [0.5, 0.6) is 0 Å². The molecule has 1 atom stereocenters. The minimum absolute atomic E-state index is 0.0326. The molecule has 0 amide bonds. The number of hydrogen-bond acceptors (Lipinski definition) is 6. The van der Waals surface area contributed by atoms with Crippen molar-refractivity contribution in [3.63, 3.8) is 0 Å². The summed E-state index contributed by atoms with van der Waals surface area (Å²) >= 11 is 0. The van der Waals surface area contributed by atoms with Crippen LogP contribution in [0.1, 0.15) is 37.1 Å². The first kappa shape index (κ1) is 17.8. The van der Waals surface area contributed by atoms with Crippen LogP contribution in [0, 0.1) is 6.92 Å². The minimum atomic E-state index is -3.25. The Hall–Kier alpha value is -0.960. The van der Waals surface area contributed by atoms with Crippen molar-refractivity contribution < 1.29 is 17.7 Å². The lowest BCUT2D eigenvalue weighted by atomic mass is 9.86. The van der Waals surface area contributed by atoms with Gasteiger partial charge in [-0.1, -0.05) is 5.16 Å². The number of ether oxygens (including phenoxy) is 1. The summed E-state index contributed by atoms with van der Waals surface area (Å²) in [6.07, 6.45) is 4.84. The van der Waals surface area contributed by atoms with Gasteiger partial charge < -0.3 is 9.26 Å². The van der Waals surface area contributed by atoms with E-state index in [1.54, 1.807) is 11.4 Å². The average Bonchev–Trinajstić information content (AvgIpc) is 3.06. The molecule has 0 bridgehead atoms. The Morgan fingerprint density at radius 1 is 1.38 bits per heavy atom. The fourth-order valence-electron chi connectivity index (χ4n) is 4.34. The normalized spacial score (nSPS) is 25.5. The Labute approximate surface area is 144 Å². The number of likely N-dealkylation sites (tertiary alicyclic amines) is 1. The van der Waals surface area contributed by atoms with E-state index < -0.39 is 10.0 Å². The predicted molar refractivity (Wildman–Crippen MR) is 90.1 cm³/mol. The third-order valence-electron chi connectivity index (χ3n) is 5.31. The molecule has 2 aliphatic heterocycles. The monoisotopic (exact) mass is 357 g/mol. The van der Waals surface area contributed by atoms with Gasteiger partial charge in [0, 0.05) is 44.4 Å². The summed E-state index contributed by atoms with van der Waals surface area (Å²) < 4.78 is 36.9. The van der Waals surface area contributed by atoms with Crippen molar-refractivity contribution in [1.82, 2.24) is 14.4 Å². The lowest BCUT2D eigenvalue weighted by molar-refractivity contribution is 0.0650. The van der Waals surface area contributed by atoms with Crippen molar-refractivity contribution in [2.24, 2.45) is 0 Å². The average molecular weight is 357 g/mol. The molecular formula is C16H27N3O4S. The van der Waals surface area contributed by atoms with Gasteiger partial charge in [-0.2, -0.15) is 4.31 Å². The first-order valence-electron chi connectivity index (χ1n) is 8.47. The maximum atomic E-state index is 12.4. The smallest absolute Gasteiger partial charge is 0.212 e. The van der Waals surface area contributed by atoms with Crippen molar-refractivity contribution in [2.45, 2.75) is 50.7 Å². The molecule has 1 aromatic heterocycles. The number of rotatable bonds is 5. The van der Waals surface area contributed by atoms with Crippen LogP contribution in [-0.4, -0.2) is 67.4 Å². The van der Waals surface area contributed by atoms with Crippen LogP contribution in [0.4, 0.5) is 0 Å². The Balaban J connectivity index is 1.69. The predicted octanol–water partition coefficient (Wildman–Crippen LogP) is 1.39. The van der Waals surface area contributed by atoms with Gasteiger partial charge in [-0.3, -0.25) is 4.90 Å². The molecule has 3 rings (SSSR count). The van der Waals surface area contributed by atoms with Gasteiger partial charge in [0.25, 0.3) is 0 Å². The number of nitrogens with zero attached hydrogens (tertiary/aromatic N) is 3. The third-order valence-corrected chi connectivity index (χ3v) is 6.71. The van der Waals surface area contributed by atoms with Gasteiger partial charge >= 0.3 is 0 Å². The van der Waals surface area contributed by atoms with Gasteiger partial charge in [0.15, 0.2) is 0 Å². The van der Waals surface area contributed by atoms with Crippen molar-refractivity contribution in [3.05, 3.63) is 17.5 Å². The van der Waals surface area contributed by atoms with Crippen LogP contribution >= 0.6 is 0 Å². The molecule has 136 valence electrons. The summed E-state index contributed by atoms with van der Waals surface area (Å²) in [5.74, 6) is 0.819. The van der Waals surface area contributed by atoms with E-state index >= 15 is 0 Å². The van der Waals surface area contributed by atoms with Crippen LogP contribution in [0.15, 0.2) is 10.6 Å². The molecule has 0 aromatic carbocycles. The molecular weight excluding hydrogens is 330 g/mol. The van der Waals surface area contributed by atoms with Gasteiger partial charge in [-0.25, -0.2) is 8.42 Å². The van der Waals surface area contributed by atoms with E-state index in [9.17, 15) is 8.42 Å². The first-order valence-corrected chi connectivity index (χ1v) is 10.3. The molecule has 0 radical (unpaired) electrons. The zero-order chi connectivity index (χ0) is 17.4. The molecule has 3 heterocycles. The molecule has 2 fully saturated rings. The van der Waals surface area contributed by atoms with E-state index in [0.29, 0.717) is 6.61 Å². The molecule has 24 heavy (non-hydrogen) atoms. The summed E-state index contributed by atoms with van der Waals surface area (Å²) in [6, 6.07) is 1.92. The largest absolute Gasteiger partial charge is 0.383 e. The first-order chi connectivity index (χ1) is 11.3. The van der Waals surface area contributed by atoms with Crippen LogP contribution in [0.25, 0.3) is 0 Å². The summed E-state index contributed by atoms with van der Waals surface area (Å²) in [4.78, 5) is 2.33. The Morgan fingerprint density at radius 3 is 2.62 bits per heavy atom. The number of piperidine rings is 1. The maximum Gasteiger partial charge on any atom is 0.212 e. The molecule has 0 saturated carbocycles. The molecule has 0 aliphatic carbocycles. The zero-order valence-corrected chi connectivity index (χ0v) is 15.5. The van der Waals surface area contributed by atoms with Gasteiger partial charge in [0.1, 0.15) is 5.76 Å². The quantitative estimate of drug-likeness (QED) is 0.793. The van der Waals surface area contributed by atoms with E-state index in [0.717, 1.165) is 56.8 Å². The van der Waals surface area contributed by atoms with E-state index in [-0.39, 0.29) is 11.6 Å². The van der Waals surface area contributed by atoms with E-state index in [4.69, 9.17) is 9.26 Å². The molecule has 1 spiro atoms. The molecule has 8 heteroatoms. The van der Waals surface area contributed by atoms with Gasteiger partial charge in [-0.15, -0.1) is 0 Å². The highest BCUT2D eigenvalue weighted by molar-refractivity contribution is 7.88. The SMILES string of the molecule is COC[C@H]1CCC2(CCN(Cc3cc(C)on3)CC2)N1S(C)(=O)=O. The molecule has 7 nitrogen and oxygen atoms in total.